The number of aromatic amines is 1. The van der Waals surface area contributed by atoms with Crippen molar-refractivity contribution in [1.29, 1.82) is 0 Å². The first-order chi connectivity index (χ1) is 8.54. The summed E-state index contributed by atoms with van der Waals surface area (Å²) >= 11 is 0. The number of nitrogens with one attached hydrogen (secondary N) is 1. The summed E-state index contributed by atoms with van der Waals surface area (Å²) in [6.07, 6.45) is 0.432. The lowest BCUT2D eigenvalue weighted by molar-refractivity contribution is 0.00713. The molecule has 9 nitrogen and oxygen atoms in total. The highest BCUT2D eigenvalue weighted by molar-refractivity contribution is 5.00. The van der Waals surface area contributed by atoms with Crippen molar-refractivity contribution in [3.05, 3.63) is 43.0 Å². The fraction of sp³-hybridized carbons (Fsp3) is 0.556. The van der Waals surface area contributed by atoms with Crippen molar-refractivity contribution in [3.63, 3.8) is 0 Å². The van der Waals surface area contributed by atoms with Crippen LogP contribution in [0.2, 0.25) is 0 Å². The van der Waals surface area contributed by atoms with Crippen LogP contribution in [-0.2, 0) is 11.5 Å². The molecule has 0 aliphatic rings. The highest BCUT2D eigenvalue weighted by Gasteiger charge is 2.04. The molecule has 1 heterocycles. The molecule has 0 saturated carbocycles. The molecule has 1 aromatic heterocycles. The van der Waals surface area contributed by atoms with Crippen molar-refractivity contribution in [2.45, 2.75) is 19.8 Å². The van der Waals surface area contributed by atoms with Crippen molar-refractivity contribution < 1.29 is 9.84 Å². The van der Waals surface area contributed by atoms with Gasteiger partial charge in [0.1, 0.15) is 6.73 Å². The van der Waals surface area contributed by atoms with Gasteiger partial charge in [-0.15, -0.1) is 0 Å². The fourth-order valence-electron chi connectivity index (χ4n) is 1.18. The van der Waals surface area contributed by atoms with Gasteiger partial charge < -0.3 is 9.84 Å². The molecular formula is C9H13N5O4. The monoisotopic (exact) mass is 255 g/mol. The second-order valence-electron chi connectivity index (χ2n) is 3.61. The molecular weight excluding hydrogens is 242 g/mol. The highest BCUT2D eigenvalue weighted by atomic mass is 16.5. The maximum absolute atomic E-state index is 11.3. The van der Waals surface area contributed by atoms with E-state index in [1.165, 1.54) is 6.20 Å². The Morgan fingerprint density at radius 1 is 1.67 bits per heavy atom. The number of aromatic nitrogens is 2. The van der Waals surface area contributed by atoms with Gasteiger partial charge in [0.15, 0.2) is 0 Å². The minimum absolute atomic E-state index is 0.0797. The number of nitrogens with zero attached hydrogens (tertiary/aromatic N) is 4. The Balaban J connectivity index is 2.54. The Hall–Kier alpha value is -2.09. The van der Waals surface area contributed by atoms with Gasteiger partial charge in [-0.25, -0.2) is 4.79 Å². The zero-order chi connectivity index (χ0) is 13.5. The number of hydrogen-bond donors (Lipinski definition) is 2. The van der Waals surface area contributed by atoms with E-state index >= 15 is 0 Å². The summed E-state index contributed by atoms with van der Waals surface area (Å²) < 4.78 is 6.23. The van der Waals surface area contributed by atoms with Crippen molar-refractivity contribution >= 4 is 0 Å². The Bertz CT molecular complexity index is 557. The third-order valence-electron chi connectivity index (χ3n) is 2.09. The Labute approximate surface area is 101 Å². The summed E-state index contributed by atoms with van der Waals surface area (Å²) in [5, 5.41) is 12.5. The van der Waals surface area contributed by atoms with Gasteiger partial charge in [0.25, 0.3) is 5.56 Å². The molecule has 98 valence electrons. The minimum Gasteiger partial charge on any atom is -0.391 e. The normalized spacial score (nSPS) is 11.9. The average molecular weight is 255 g/mol. The number of rotatable bonds is 6. The molecule has 1 atom stereocenters. The quantitative estimate of drug-likeness (QED) is 0.402. The first kappa shape index (κ1) is 14.0. The van der Waals surface area contributed by atoms with Gasteiger partial charge in [-0.1, -0.05) is 5.11 Å². The van der Waals surface area contributed by atoms with E-state index in [-0.39, 0.29) is 19.9 Å². The SMILES string of the molecule is Cc1cn(COCC(O)CN=[N+]=[N-])c(=O)[nH]c1=O. The summed E-state index contributed by atoms with van der Waals surface area (Å²) in [6, 6.07) is 0. The van der Waals surface area contributed by atoms with Crippen LogP contribution in [-0.4, -0.2) is 33.9 Å². The third kappa shape index (κ3) is 4.06. The van der Waals surface area contributed by atoms with Crippen LogP contribution in [0.4, 0.5) is 0 Å². The molecule has 0 bridgehead atoms. The molecule has 9 heteroatoms. The van der Waals surface area contributed by atoms with E-state index in [4.69, 9.17) is 10.3 Å². The molecule has 2 N–H and O–H groups in total. The maximum Gasteiger partial charge on any atom is 0.330 e. The van der Waals surface area contributed by atoms with Crippen molar-refractivity contribution in [2.24, 2.45) is 5.11 Å². The zero-order valence-electron chi connectivity index (χ0n) is 9.74. The van der Waals surface area contributed by atoms with Gasteiger partial charge in [-0.3, -0.25) is 14.3 Å². The number of aryl methyl sites for hydroxylation is 1. The summed E-state index contributed by atoms with van der Waals surface area (Å²) in [4.78, 5) is 27.0. The lowest BCUT2D eigenvalue weighted by atomic mass is 10.4. The van der Waals surface area contributed by atoms with Gasteiger partial charge in [0, 0.05) is 16.7 Å². The second kappa shape index (κ2) is 6.60. The van der Waals surface area contributed by atoms with Gasteiger partial charge >= 0.3 is 5.69 Å². The molecule has 0 aliphatic carbocycles. The molecule has 0 fully saturated rings. The lowest BCUT2D eigenvalue weighted by Crippen LogP contribution is -2.32. The molecule has 0 aliphatic heterocycles. The summed E-state index contributed by atoms with van der Waals surface area (Å²) in [6.45, 7) is 1.27. The first-order valence-electron chi connectivity index (χ1n) is 5.11. The molecule has 1 aromatic rings. The molecule has 0 saturated heterocycles. The van der Waals surface area contributed by atoms with Gasteiger partial charge in [-0.05, 0) is 12.5 Å². The van der Waals surface area contributed by atoms with Crippen LogP contribution >= 0.6 is 0 Å². The van der Waals surface area contributed by atoms with Crippen LogP contribution in [0.15, 0.2) is 20.9 Å². The molecule has 0 aromatic carbocycles. The molecule has 1 unspecified atom stereocenters. The van der Waals surface area contributed by atoms with Crippen molar-refractivity contribution in [2.75, 3.05) is 13.2 Å². The molecule has 0 spiro atoms. The highest BCUT2D eigenvalue weighted by Crippen LogP contribution is 1.90. The van der Waals surface area contributed by atoms with Gasteiger partial charge in [-0.2, -0.15) is 0 Å². The van der Waals surface area contributed by atoms with E-state index in [9.17, 15) is 14.7 Å². The topological polar surface area (TPSA) is 133 Å². The smallest absolute Gasteiger partial charge is 0.330 e. The molecule has 1 rings (SSSR count). The summed E-state index contributed by atoms with van der Waals surface area (Å²) in [5.74, 6) is 0. The van der Waals surface area contributed by atoms with E-state index in [0.717, 1.165) is 4.57 Å². The lowest BCUT2D eigenvalue weighted by Gasteiger charge is -2.10. The third-order valence-corrected chi connectivity index (χ3v) is 2.09. The van der Waals surface area contributed by atoms with E-state index < -0.39 is 17.4 Å². The van der Waals surface area contributed by atoms with E-state index in [2.05, 4.69) is 15.0 Å². The summed E-state index contributed by atoms with van der Waals surface area (Å²) in [5.41, 5.74) is 7.39. The van der Waals surface area contributed by atoms with Crippen molar-refractivity contribution in [3.8, 4) is 0 Å². The van der Waals surface area contributed by atoms with E-state index in [1.54, 1.807) is 6.92 Å². The maximum atomic E-state index is 11.3. The molecule has 0 amide bonds. The average Bonchev–Trinajstić information content (AvgIpc) is 2.33. The number of azide groups is 1. The number of aliphatic hydroxyl groups is 1. The van der Waals surface area contributed by atoms with Crippen LogP contribution in [0.1, 0.15) is 5.56 Å². The zero-order valence-corrected chi connectivity index (χ0v) is 9.74. The molecule has 0 radical (unpaired) electrons. The van der Waals surface area contributed by atoms with Gasteiger partial charge in [0.05, 0.1) is 19.3 Å². The van der Waals surface area contributed by atoms with Crippen LogP contribution in [0.25, 0.3) is 10.4 Å². The number of hydrogen-bond acceptors (Lipinski definition) is 5. The van der Waals surface area contributed by atoms with Crippen LogP contribution in [0, 0.1) is 6.92 Å². The number of aliphatic hydroxyl groups excluding tert-OH is 1. The first-order valence-corrected chi connectivity index (χ1v) is 5.11. The van der Waals surface area contributed by atoms with E-state index in [1.807, 2.05) is 0 Å². The number of H-pyrrole nitrogens is 1. The fourth-order valence-corrected chi connectivity index (χ4v) is 1.18. The Morgan fingerprint density at radius 3 is 3.06 bits per heavy atom. The standard InChI is InChI=1S/C9H13N5O4/c1-6-3-14(9(17)12-8(6)16)5-18-4-7(15)2-11-13-10/h3,7,15H,2,4-5H2,1H3,(H,12,16,17). The molecule has 18 heavy (non-hydrogen) atoms. The van der Waals surface area contributed by atoms with Crippen LogP contribution in [0.3, 0.4) is 0 Å². The van der Waals surface area contributed by atoms with Crippen molar-refractivity contribution in [1.82, 2.24) is 9.55 Å². The Kier molecular flexibility index (Phi) is 5.12. The number of ether oxygens (including phenoxy) is 1. The Morgan fingerprint density at radius 2 is 2.39 bits per heavy atom. The second-order valence-corrected chi connectivity index (χ2v) is 3.61. The predicted octanol–water partition coefficient (Wildman–Crippen LogP) is -0.510. The summed E-state index contributed by atoms with van der Waals surface area (Å²) in [7, 11) is 0. The van der Waals surface area contributed by atoms with Crippen LogP contribution in [0.5, 0.6) is 0 Å². The predicted molar refractivity (Wildman–Crippen MR) is 62.0 cm³/mol. The largest absolute Gasteiger partial charge is 0.391 e. The minimum atomic E-state index is -0.930. The van der Waals surface area contributed by atoms with Gasteiger partial charge in [0.2, 0.25) is 0 Å². The van der Waals surface area contributed by atoms with Crippen LogP contribution < -0.4 is 11.2 Å². The van der Waals surface area contributed by atoms with E-state index in [0.29, 0.717) is 5.56 Å².